The summed E-state index contributed by atoms with van der Waals surface area (Å²) in [4.78, 5) is 13.7. The molecule has 0 unspecified atom stereocenters. The number of nitrogens with zero attached hydrogens (tertiary/aromatic N) is 1. The largest absolute Gasteiger partial charge is 0.317 e. The highest BCUT2D eigenvalue weighted by atomic mass is 35.5. The van der Waals surface area contributed by atoms with Crippen LogP contribution < -0.4 is 10.6 Å². The summed E-state index contributed by atoms with van der Waals surface area (Å²) in [7, 11) is 0. The quantitative estimate of drug-likeness (QED) is 0.830. The lowest BCUT2D eigenvalue weighted by Crippen LogP contribution is -2.45. The van der Waals surface area contributed by atoms with Crippen LogP contribution in [0.15, 0.2) is 18.2 Å². The maximum Gasteiger partial charge on any atom is 0.247 e. The van der Waals surface area contributed by atoms with Gasteiger partial charge >= 0.3 is 0 Å². The van der Waals surface area contributed by atoms with Crippen LogP contribution in [0, 0.1) is 5.82 Å². The van der Waals surface area contributed by atoms with Gasteiger partial charge in [-0.1, -0.05) is 6.07 Å². The lowest BCUT2D eigenvalue weighted by Gasteiger charge is -2.21. The van der Waals surface area contributed by atoms with Crippen LogP contribution in [0.3, 0.4) is 0 Å². The number of hydrogen-bond acceptors (Lipinski definition) is 2. The van der Waals surface area contributed by atoms with E-state index in [-0.39, 0.29) is 24.1 Å². The zero-order chi connectivity index (χ0) is 11.3. The molecule has 0 atom stereocenters. The van der Waals surface area contributed by atoms with E-state index >= 15 is 0 Å². The van der Waals surface area contributed by atoms with Crippen molar-refractivity contribution in [2.75, 3.05) is 11.4 Å². The van der Waals surface area contributed by atoms with Crippen molar-refractivity contribution in [2.24, 2.45) is 5.73 Å². The molecule has 1 amide bonds. The Balaban J connectivity index is 0.00000108. The van der Waals surface area contributed by atoms with Gasteiger partial charge in [0.05, 0.1) is 5.54 Å². The average molecular weight is 257 g/mol. The lowest BCUT2D eigenvalue weighted by molar-refractivity contribution is -0.120. The molecule has 0 aromatic heterocycles. The molecule has 2 aliphatic rings. The van der Waals surface area contributed by atoms with Gasteiger partial charge in [0.15, 0.2) is 0 Å². The summed E-state index contributed by atoms with van der Waals surface area (Å²) in [5.41, 5.74) is 6.93. The minimum Gasteiger partial charge on any atom is -0.317 e. The predicted octanol–water partition coefficient (Wildman–Crippen LogP) is 1.63. The Morgan fingerprint density at radius 2 is 2.12 bits per heavy atom. The van der Waals surface area contributed by atoms with Crippen molar-refractivity contribution >= 4 is 24.0 Å². The molecule has 1 aromatic rings. The van der Waals surface area contributed by atoms with Crippen molar-refractivity contribution in [3.8, 4) is 0 Å². The van der Waals surface area contributed by atoms with E-state index in [1.165, 1.54) is 12.1 Å². The van der Waals surface area contributed by atoms with Gasteiger partial charge in [0.2, 0.25) is 5.91 Å². The van der Waals surface area contributed by atoms with Crippen molar-refractivity contribution in [1.29, 1.82) is 0 Å². The molecule has 3 nitrogen and oxygen atoms in total. The van der Waals surface area contributed by atoms with Crippen LogP contribution in [0.4, 0.5) is 10.1 Å². The predicted molar refractivity (Wildman–Crippen MR) is 65.9 cm³/mol. The summed E-state index contributed by atoms with van der Waals surface area (Å²) in [6, 6.07) is 4.60. The molecule has 0 radical (unpaired) electrons. The van der Waals surface area contributed by atoms with Gasteiger partial charge in [-0.3, -0.25) is 4.79 Å². The first kappa shape index (κ1) is 12.3. The van der Waals surface area contributed by atoms with Crippen LogP contribution in [0.5, 0.6) is 0 Å². The summed E-state index contributed by atoms with van der Waals surface area (Å²) in [6.45, 7) is 0.622. The highest BCUT2D eigenvalue weighted by Gasteiger charge is 2.49. The molecule has 0 spiro atoms. The summed E-state index contributed by atoms with van der Waals surface area (Å²) in [5, 5.41) is 0. The van der Waals surface area contributed by atoms with Gasteiger partial charge in [-0.05, 0) is 37.0 Å². The molecular formula is C12H14ClFN2O. The highest BCUT2D eigenvalue weighted by Crippen LogP contribution is 2.38. The lowest BCUT2D eigenvalue weighted by atomic mass is 10.1. The second-order valence-electron chi connectivity index (χ2n) is 4.64. The average Bonchev–Trinajstić information content (AvgIpc) is 2.89. The van der Waals surface area contributed by atoms with E-state index in [4.69, 9.17) is 5.73 Å². The fraction of sp³-hybridized carbons (Fsp3) is 0.417. The molecule has 1 aromatic carbocycles. The number of carbonyl (C=O) groups is 1. The van der Waals surface area contributed by atoms with Crippen LogP contribution in [0.1, 0.15) is 18.4 Å². The SMILES string of the molecule is Cl.NC1(C(=O)N2CCc3ccc(F)cc32)CC1. The van der Waals surface area contributed by atoms with Crippen LogP contribution in [0.25, 0.3) is 0 Å². The summed E-state index contributed by atoms with van der Waals surface area (Å²) in [6.07, 6.45) is 2.28. The van der Waals surface area contributed by atoms with Crippen LogP contribution in [-0.2, 0) is 11.2 Å². The Hall–Kier alpha value is -1.13. The maximum atomic E-state index is 13.1. The second-order valence-corrected chi connectivity index (χ2v) is 4.64. The zero-order valence-corrected chi connectivity index (χ0v) is 10.1. The number of benzene rings is 1. The van der Waals surface area contributed by atoms with E-state index < -0.39 is 5.54 Å². The number of fused-ring (bicyclic) bond motifs is 1. The summed E-state index contributed by atoms with van der Waals surface area (Å²) < 4.78 is 13.1. The third-order valence-electron chi connectivity index (χ3n) is 3.40. The summed E-state index contributed by atoms with van der Waals surface area (Å²) in [5.74, 6) is -0.364. The number of anilines is 1. The van der Waals surface area contributed by atoms with Crippen LogP contribution in [0.2, 0.25) is 0 Å². The maximum absolute atomic E-state index is 13.1. The Morgan fingerprint density at radius 3 is 2.76 bits per heavy atom. The van der Waals surface area contributed by atoms with Crippen molar-refractivity contribution < 1.29 is 9.18 Å². The molecule has 92 valence electrons. The van der Waals surface area contributed by atoms with E-state index in [1.807, 2.05) is 0 Å². The first-order valence-electron chi connectivity index (χ1n) is 5.49. The van der Waals surface area contributed by atoms with Gasteiger partial charge in [0.1, 0.15) is 5.82 Å². The third-order valence-corrected chi connectivity index (χ3v) is 3.40. The Labute approximate surface area is 105 Å². The first-order chi connectivity index (χ1) is 7.60. The topological polar surface area (TPSA) is 46.3 Å². The number of halogens is 2. The smallest absolute Gasteiger partial charge is 0.247 e. The van der Waals surface area contributed by atoms with Gasteiger partial charge in [-0.15, -0.1) is 12.4 Å². The minimum atomic E-state index is -0.673. The van der Waals surface area contributed by atoms with Crippen molar-refractivity contribution in [1.82, 2.24) is 0 Å². The fourth-order valence-corrected chi connectivity index (χ4v) is 2.18. The van der Waals surface area contributed by atoms with Gasteiger partial charge in [-0.2, -0.15) is 0 Å². The number of amides is 1. The van der Waals surface area contributed by atoms with E-state index in [0.717, 1.165) is 24.8 Å². The van der Waals surface area contributed by atoms with E-state index in [1.54, 1.807) is 11.0 Å². The Morgan fingerprint density at radius 1 is 1.41 bits per heavy atom. The number of hydrogen-bond donors (Lipinski definition) is 1. The molecule has 0 bridgehead atoms. The van der Waals surface area contributed by atoms with E-state index in [2.05, 4.69) is 0 Å². The van der Waals surface area contributed by atoms with Crippen molar-refractivity contribution in [3.05, 3.63) is 29.6 Å². The molecule has 0 saturated heterocycles. The molecule has 1 saturated carbocycles. The monoisotopic (exact) mass is 256 g/mol. The van der Waals surface area contributed by atoms with Gasteiger partial charge in [-0.25, -0.2) is 4.39 Å². The highest BCUT2D eigenvalue weighted by molar-refractivity contribution is 6.03. The molecule has 2 N–H and O–H groups in total. The first-order valence-corrected chi connectivity index (χ1v) is 5.49. The molecule has 1 aliphatic heterocycles. The molecule has 5 heteroatoms. The fourth-order valence-electron chi connectivity index (χ4n) is 2.18. The normalized spacial score (nSPS) is 19.5. The standard InChI is InChI=1S/C12H13FN2O.ClH/c13-9-2-1-8-3-6-15(10(8)7-9)11(16)12(14)4-5-12;/h1-2,7H,3-6,14H2;1H. The summed E-state index contributed by atoms with van der Waals surface area (Å²) >= 11 is 0. The number of rotatable bonds is 1. The number of nitrogens with two attached hydrogens (primary N) is 1. The zero-order valence-electron chi connectivity index (χ0n) is 9.28. The van der Waals surface area contributed by atoms with Gasteiger partial charge in [0.25, 0.3) is 0 Å². The van der Waals surface area contributed by atoms with E-state index in [0.29, 0.717) is 12.2 Å². The van der Waals surface area contributed by atoms with Crippen LogP contribution >= 0.6 is 12.4 Å². The molecule has 1 aliphatic carbocycles. The van der Waals surface area contributed by atoms with Gasteiger partial charge < -0.3 is 10.6 Å². The van der Waals surface area contributed by atoms with Gasteiger partial charge in [0, 0.05) is 12.2 Å². The van der Waals surface area contributed by atoms with Crippen molar-refractivity contribution in [3.63, 3.8) is 0 Å². The molecule has 3 rings (SSSR count). The Bertz CT molecular complexity index is 474. The molecular weight excluding hydrogens is 243 g/mol. The van der Waals surface area contributed by atoms with Crippen LogP contribution in [-0.4, -0.2) is 18.0 Å². The second kappa shape index (κ2) is 3.96. The molecule has 17 heavy (non-hydrogen) atoms. The Kier molecular flexibility index (Phi) is 2.87. The number of carbonyl (C=O) groups excluding carboxylic acids is 1. The third kappa shape index (κ3) is 1.91. The van der Waals surface area contributed by atoms with Crippen molar-refractivity contribution in [2.45, 2.75) is 24.8 Å². The van der Waals surface area contributed by atoms with E-state index in [9.17, 15) is 9.18 Å². The minimum absolute atomic E-state index is 0. The molecule has 1 fully saturated rings. The molecule has 1 heterocycles.